The number of rotatable bonds is 7. The van der Waals surface area contributed by atoms with E-state index in [0.29, 0.717) is 24.7 Å². The van der Waals surface area contributed by atoms with Gasteiger partial charge in [-0.1, -0.05) is 12.1 Å². The minimum Gasteiger partial charge on any atom is -0.497 e. The van der Waals surface area contributed by atoms with E-state index in [1.165, 1.54) is 0 Å². The molecule has 20 heavy (non-hydrogen) atoms. The van der Waals surface area contributed by atoms with Crippen molar-refractivity contribution in [1.82, 2.24) is 20.4 Å². The molecule has 0 bridgehead atoms. The van der Waals surface area contributed by atoms with Crippen molar-refractivity contribution in [3.8, 4) is 5.75 Å². The highest BCUT2D eigenvalue weighted by Crippen LogP contribution is 2.12. The Balaban J connectivity index is 1.79. The number of benzene rings is 1. The second-order valence-corrected chi connectivity index (χ2v) is 4.05. The summed E-state index contributed by atoms with van der Waals surface area (Å²) in [7, 11) is 1.63. The third-order valence-electron chi connectivity index (χ3n) is 2.56. The standard InChI is InChI=1S/C13H16N4O3/c1-19-11-4-2-10(3-5-11)8-20-9-13-16-14-12(6-7-18)15-17-13/h2-5,18H,6-9H2,1H3. The van der Waals surface area contributed by atoms with Gasteiger partial charge in [0, 0.05) is 6.42 Å². The van der Waals surface area contributed by atoms with Gasteiger partial charge in [0.2, 0.25) is 0 Å². The number of aromatic nitrogens is 4. The first-order valence-electron chi connectivity index (χ1n) is 6.18. The average Bonchev–Trinajstić information content (AvgIpc) is 2.50. The Kier molecular flexibility index (Phi) is 5.33. The molecule has 2 aromatic rings. The quantitative estimate of drug-likeness (QED) is 0.788. The van der Waals surface area contributed by atoms with Gasteiger partial charge in [-0.25, -0.2) is 0 Å². The fourth-order valence-corrected chi connectivity index (χ4v) is 1.51. The zero-order valence-corrected chi connectivity index (χ0v) is 11.2. The number of nitrogens with zero attached hydrogens (tertiary/aromatic N) is 4. The summed E-state index contributed by atoms with van der Waals surface area (Å²) in [6, 6.07) is 7.62. The van der Waals surface area contributed by atoms with Gasteiger partial charge in [0.05, 0.1) is 20.3 Å². The van der Waals surface area contributed by atoms with Crippen molar-refractivity contribution in [2.24, 2.45) is 0 Å². The van der Waals surface area contributed by atoms with Crippen molar-refractivity contribution in [2.75, 3.05) is 13.7 Å². The fourth-order valence-electron chi connectivity index (χ4n) is 1.51. The van der Waals surface area contributed by atoms with Crippen LogP contribution in [0.15, 0.2) is 24.3 Å². The molecule has 1 heterocycles. The summed E-state index contributed by atoms with van der Waals surface area (Å²) < 4.78 is 10.6. The first kappa shape index (κ1) is 14.3. The molecule has 0 amide bonds. The summed E-state index contributed by atoms with van der Waals surface area (Å²) in [6.07, 6.45) is 0.354. The third-order valence-corrected chi connectivity index (χ3v) is 2.56. The SMILES string of the molecule is COc1ccc(COCc2nnc(CCO)nn2)cc1. The van der Waals surface area contributed by atoms with Gasteiger partial charge >= 0.3 is 0 Å². The zero-order valence-electron chi connectivity index (χ0n) is 11.2. The van der Waals surface area contributed by atoms with Gasteiger partial charge in [-0.2, -0.15) is 0 Å². The lowest BCUT2D eigenvalue weighted by Gasteiger charge is -2.04. The Morgan fingerprint density at radius 1 is 0.950 bits per heavy atom. The molecule has 0 atom stereocenters. The van der Waals surface area contributed by atoms with E-state index in [-0.39, 0.29) is 13.2 Å². The predicted octanol–water partition coefficient (Wildman–Crippen LogP) is 0.527. The van der Waals surface area contributed by atoms with Gasteiger partial charge in [-0.05, 0) is 17.7 Å². The Morgan fingerprint density at radius 3 is 2.20 bits per heavy atom. The van der Waals surface area contributed by atoms with Crippen LogP contribution in [0.4, 0.5) is 0 Å². The molecular formula is C13H16N4O3. The van der Waals surface area contributed by atoms with Crippen molar-refractivity contribution in [2.45, 2.75) is 19.6 Å². The van der Waals surface area contributed by atoms with E-state index < -0.39 is 0 Å². The summed E-state index contributed by atoms with van der Waals surface area (Å²) in [4.78, 5) is 0. The maximum absolute atomic E-state index is 8.72. The summed E-state index contributed by atoms with van der Waals surface area (Å²) in [5.41, 5.74) is 1.03. The minimum atomic E-state index is -0.0172. The molecular weight excluding hydrogens is 260 g/mol. The van der Waals surface area contributed by atoms with E-state index in [0.717, 1.165) is 11.3 Å². The van der Waals surface area contributed by atoms with Crippen molar-refractivity contribution in [3.63, 3.8) is 0 Å². The van der Waals surface area contributed by atoms with Gasteiger partial charge in [0.1, 0.15) is 12.4 Å². The maximum Gasteiger partial charge on any atom is 0.199 e. The molecule has 0 unspecified atom stereocenters. The molecule has 0 saturated heterocycles. The fraction of sp³-hybridized carbons (Fsp3) is 0.385. The summed E-state index contributed by atoms with van der Waals surface area (Å²) in [5, 5.41) is 24.2. The zero-order chi connectivity index (χ0) is 14.2. The van der Waals surface area contributed by atoms with E-state index in [4.69, 9.17) is 14.6 Å². The lowest BCUT2D eigenvalue weighted by Crippen LogP contribution is -2.08. The molecule has 2 rings (SSSR count). The number of hydrogen-bond donors (Lipinski definition) is 1. The van der Waals surface area contributed by atoms with Crippen LogP contribution in [0.1, 0.15) is 17.2 Å². The molecule has 0 aliphatic rings. The third kappa shape index (κ3) is 4.22. The van der Waals surface area contributed by atoms with Crippen LogP contribution in [-0.4, -0.2) is 39.2 Å². The van der Waals surface area contributed by atoms with E-state index in [9.17, 15) is 0 Å². The second kappa shape index (κ2) is 7.46. The topological polar surface area (TPSA) is 90.2 Å². The van der Waals surface area contributed by atoms with E-state index in [2.05, 4.69) is 20.4 Å². The summed E-state index contributed by atoms with van der Waals surface area (Å²) in [6.45, 7) is 0.674. The molecule has 0 radical (unpaired) electrons. The highest BCUT2D eigenvalue weighted by Gasteiger charge is 2.02. The van der Waals surface area contributed by atoms with Crippen LogP contribution in [0.5, 0.6) is 5.75 Å². The molecule has 1 aromatic carbocycles. The predicted molar refractivity (Wildman–Crippen MR) is 69.9 cm³/mol. The number of ether oxygens (including phenoxy) is 2. The number of hydrogen-bond acceptors (Lipinski definition) is 7. The molecule has 7 nitrogen and oxygen atoms in total. The molecule has 0 aliphatic heterocycles. The Labute approximate surface area is 116 Å². The van der Waals surface area contributed by atoms with Crippen LogP contribution < -0.4 is 4.74 Å². The van der Waals surface area contributed by atoms with Gasteiger partial charge in [-0.15, -0.1) is 20.4 Å². The van der Waals surface area contributed by atoms with Crippen LogP contribution in [0.25, 0.3) is 0 Å². The van der Waals surface area contributed by atoms with E-state index in [1.54, 1.807) is 7.11 Å². The normalized spacial score (nSPS) is 10.5. The van der Waals surface area contributed by atoms with Crippen molar-refractivity contribution in [3.05, 3.63) is 41.5 Å². The van der Waals surface area contributed by atoms with Crippen LogP contribution in [0.2, 0.25) is 0 Å². The molecule has 1 N–H and O–H groups in total. The van der Waals surface area contributed by atoms with Crippen LogP contribution in [0, 0.1) is 0 Å². The molecule has 0 saturated carbocycles. The monoisotopic (exact) mass is 276 g/mol. The molecule has 1 aromatic heterocycles. The van der Waals surface area contributed by atoms with Gasteiger partial charge < -0.3 is 14.6 Å². The first-order chi connectivity index (χ1) is 9.81. The lowest BCUT2D eigenvalue weighted by atomic mass is 10.2. The number of aliphatic hydroxyl groups is 1. The molecule has 106 valence electrons. The van der Waals surface area contributed by atoms with Gasteiger partial charge in [0.15, 0.2) is 11.6 Å². The van der Waals surface area contributed by atoms with E-state index >= 15 is 0 Å². The maximum atomic E-state index is 8.72. The van der Waals surface area contributed by atoms with Crippen LogP contribution in [-0.2, 0) is 24.4 Å². The van der Waals surface area contributed by atoms with Crippen molar-refractivity contribution in [1.29, 1.82) is 0 Å². The Hall–Kier alpha value is -2.12. The largest absolute Gasteiger partial charge is 0.497 e. The van der Waals surface area contributed by atoms with Gasteiger partial charge in [-0.3, -0.25) is 0 Å². The first-order valence-corrected chi connectivity index (χ1v) is 6.18. The highest BCUT2D eigenvalue weighted by atomic mass is 16.5. The van der Waals surface area contributed by atoms with Crippen LogP contribution in [0.3, 0.4) is 0 Å². The molecule has 7 heteroatoms. The minimum absolute atomic E-state index is 0.0172. The molecule has 0 fully saturated rings. The number of methoxy groups -OCH3 is 1. The number of aliphatic hydroxyl groups excluding tert-OH is 1. The lowest BCUT2D eigenvalue weighted by molar-refractivity contribution is 0.0999. The Bertz CT molecular complexity index is 516. The van der Waals surface area contributed by atoms with E-state index in [1.807, 2.05) is 24.3 Å². The summed E-state index contributed by atoms with van der Waals surface area (Å²) >= 11 is 0. The summed E-state index contributed by atoms with van der Waals surface area (Å²) in [5.74, 6) is 1.65. The smallest absolute Gasteiger partial charge is 0.199 e. The van der Waals surface area contributed by atoms with Crippen molar-refractivity contribution < 1.29 is 14.6 Å². The Morgan fingerprint density at radius 2 is 1.60 bits per heavy atom. The average molecular weight is 276 g/mol. The highest BCUT2D eigenvalue weighted by molar-refractivity contribution is 5.26. The van der Waals surface area contributed by atoms with Crippen LogP contribution >= 0.6 is 0 Å². The molecule has 0 spiro atoms. The molecule has 0 aliphatic carbocycles. The van der Waals surface area contributed by atoms with Gasteiger partial charge in [0.25, 0.3) is 0 Å². The van der Waals surface area contributed by atoms with Crippen molar-refractivity contribution >= 4 is 0 Å². The second-order valence-electron chi connectivity index (χ2n) is 4.05.